The molecule has 0 aliphatic heterocycles. The molecule has 0 aromatic rings. The van der Waals surface area contributed by atoms with Gasteiger partial charge in [-0.3, -0.25) is 0 Å². The van der Waals surface area contributed by atoms with Crippen molar-refractivity contribution in [3.63, 3.8) is 0 Å². The zero-order valence-corrected chi connectivity index (χ0v) is 9.90. The molecule has 0 aromatic heterocycles. The van der Waals surface area contributed by atoms with Gasteiger partial charge in [0.15, 0.2) is 0 Å². The third-order valence-electron chi connectivity index (χ3n) is 1.33. The van der Waals surface area contributed by atoms with Crippen LogP contribution in [0.1, 0.15) is 39.5 Å². The van der Waals surface area contributed by atoms with Crippen molar-refractivity contribution < 1.29 is 22.1 Å². The van der Waals surface area contributed by atoms with Crippen molar-refractivity contribution >= 4 is 23.1 Å². The average molecular weight is 219 g/mol. The monoisotopic (exact) mass is 218 g/mol. The fraction of sp³-hybridized carbons (Fsp3) is 1.00. The van der Waals surface area contributed by atoms with Gasteiger partial charge in [-0.15, -0.1) is 6.10 Å². The molecule has 0 rings (SSSR count). The summed E-state index contributed by atoms with van der Waals surface area (Å²) in [6.07, 6.45) is 3.61. The van der Waals surface area contributed by atoms with E-state index in [9.17, 15) is 5.11 Å². The van der Waals surface area contributed by atoms with Gasteiger partial charge < -0.3 is 22.1 Å². The van der Waals surface area contributed by atoms with E-state index in [0.717, 1.165) is 25.7 Å². The maximum atomic E-state index is 10.7. The second kappa shape index (κ2) is 12.8. The number of unbranched alkanes of at least 4 members (excludes halogenated alkanes) is 1. The maximum absolute atomic E-state index is 10.7. The average Bonchev–Trinajstić information content (AvgIpc) is 1.83. The van der Waals surface area contributed by atoms with Crippen LogP contribution in [0, 0.1) is 0 Å². The Morgan fingerprint density at radius 2 is 1.80 bits per heavy atom. The van der Waals surface area contributed by atoms with Crippen LogP contribution in [0.3, 0.4) is 0 Å². The van der Waals surface area contributed by atoms with Crippen molar-refractivity contribution in [1.29, 1.82) is 0 Å². The Labute approximate surface area is 90.5 Å². The second-order valence-electron chi connectivity index (χ2n) is 2.17. The summed E-state index contributed by atoms with van der Waals surface area (Å²) in [5.41, 5.74) is 0. The predicted octanol–water partition coefficient (Wildman–Crippen LogP) is -2.06. The molecule has 1 unspecified atom stereocenters. The van der Waals surface area contributed by atoms with E-state index in [2.05, 4.69) is 6.92 Å². The molecule has 0 saturated carbocycles. The van der Waals surface area contributed by atoms with Crippen LogP contribution < -0.4 is 22.1 Å². The minimum absolute atomic E-state index is 0. The summed E-state index contributed by atoms with van der Waals surface area (Å²) in [4.78, 5) is 0. The van der Waals surface area contributed by atoms with Gasteiger partial charge in [0.1, 0.15) is 0 Å². The maximum Gasteiger partial charge on any atom is 2.00 e. The smallest absolute Gasteiger partial charge is 1.00 e. The SMILES string of the molecule is CCCCC([O-])CC.[Br-].[Mg+2]. The topological polar surface area (TPSA) is 23.1 Å². The van der Waals surface area contributed by atoms with Gasteiger partial charge in [-0.2, -0.15) is 0 Å². The van der Waals surface area contributed by atoms with Crippen molar-refractivity contribution in [2.45, 2.75) is 45.6 Å². The number of rotatable bonds is 4. The summed E-state index contributed by atoms with van der Waals surface area (Å²) in [6.45, 7) is 4.07. The molecule has 1 atom stereocenters. The molecule has 0 radical (unpaired) electrons. The van der Waals surface area contributed by atoms with Crippen molar-refractivity contribution in [1.82, 2.24) is 0 Å². The number of hydrogen-bond donors (Lipinski definition) is 0. The minimum Gasteiger partial charge on any atom is -1.00 e. The molecule has 0 aliphatic rings. The first-order valence-electron chi connectivity index (χ1n) is 3.47. The van der Waals surface area contributed by atoms with E-state index in [0.29, 0.717) is 0 Å². The number of hydrogen-bond acceptors (Lipinski definition) is 1. The summed E-state index contributed by atoms with van der Waals surface area (Å²) >= 11 is 0. The van der Waals surface area contributed by atoms with Gasteiger partial charge in [0.05, 0.1) is 0 Å². The van der Waals surface area contributed by atoms with E-state index in [1.807, 2.05) is 6.92 Å². The Kier molecular flexibility index (Phi) is 22.3. The van der Waals surface area contributed by atoms with Gasteiger partial charge in [-0.25, -0.2) is 0 Å². The molecule has 0 spiro atoms. The predicted molar refractivity (Wildman–Crippen MR) is 39.4 cm³/mol. The van der Waals surface area contributed by atoms with Crippen molar-refractivity contribution in [3.8, 4) is 0 Å². The normalized spacial score (nSPS) is 11.1. The molecule has 0 heterocycles. The summed E-state index contributed by atoms with van der Waals surface area (Å²) in [5, 5.41) is 10.7. The second-order valence-corrected chi connectivity index (χ2v) is 2.17. The molecule has 0 aliphatic carbocycles. The molecule has 0 N–H and O–H groups in total. The third-order valence-corrected chi connectivity index (χ3v) is 1.33. The van der Waals surface area contributed by atoms with E-state index in [4.69, 9.17) is 0 Å². The van der Waals surface area contributed by atoms with E-state index in [1.165, 1.54) is 0 Å². The molecule has 0 fully saturated rings. The first kappa shape index (κ1) is 17.3. The van der Waals surface area contributed by atoms with Gasteiger partial charge in [-0.1, -0.05) is 39.5 Å². The van der Waals surface area contributed by atoms with E-state index < -0.39 is 0 Å². The van der Waals surface area contributed by atoms with E-state index >= 15 is 0 Å². The Bertz CT molecular complexity index is 52.9. The molecule has 1 nitrogen and oxygen atoms in total. The Morgan fingerprint density at radius 3 is 2.10 bits per heavy atom. The molecule has 0 aromatic carbocycles. The van der Waals surface area contributed by atoms with Crippen LogP contribution in [0.2, 0.25) is 0 Å². The summed E-state index contributed by atoms with van der Waals surface area (Å²) < 4.78 is 0. The molecule has 3 heteroatoms. The molecule has 58 valence electrons. The molecular formula is C7H15BrMgO. The number of halogens is 1. The first-order chi connectivity index (χ1) is 3.81. The molecular weight excluding hydrogens is 204 g/mol. The first-order valence-corrected chi connectivity index (χ1v) is 3.47. The van der Waals surface area contributed by atoms with E-state index in [1.54, 1.807) is 0 Å². The van der Waals surface area contributed by atoms with Gasteiger partial charge in [-0.05, 0) is 0 Å². The standard InChI is InChI=1S/C7H15O.BrH.Mg/c1-3-5-6-7(8)4-2;;/h7H,3-6H2,1-2H3;1H;/q-1;;+2/p-1. The van der Waals surface area contributed by atoms with Gasteiger partial charge in [0, 0.05) is 0 Å². The zero-order chi connectivity index (χ0) is 6.41. The molecule has 0 saturated heterocycles. The summed E-state index contributed by atoms with van der Waals surface area (Å²) in [7, 11) is 0. The molecule has 0 amide bonds. The van der Waals surface area contributed by atoms with Crippen molar-refractivity contribution in [2.24, 2.45) is 0 Å². The van der Waals surface area contributed by atoms with Crippen LogP contribution in [0.15, 0.2) is 0 Å². The minimum atomic E-state index is -0.296. The van der Waals surface area contributed by atoms with Crippen molar-refractivity contribution in [3.05, 3.63) is 0 Å². The van der Waals surface area contributed by atoms with Crippen LogP contribution in [0.5, 0.6) is 0 Å². The quantitative estimate of drug-likeness (QED) is 0.499. The van der Waals surface area contributed by atoms with Crippen LogP contribution in [-0.2, 0) is 0 Å². The van der Waals surface area contributed by atoms with Crippen molar-refractivity contribution in [2.75, 3.05) is 0 Å². The zero-order valence-electron chi connectivity index (χ0n) is 6.90. The van der Waals surface area contributed by atoms with Crippen LogP contribution in [0.25, 0.3) is 0 Å². The summed E-state index contributed by atoms with van der Waals surface area (Å²) in [5.74, 6) is 0. The Hall–Kier alpha value is 1.21. The summed E-state index contributed by atoms with van der Waals surface area (Å²) in [6, 6.07) is 0. The third kappa shape index (κ3) is 11.9. The molecule has 0 bridgehead atoms. The Balaban J connectivity index is -0.000000245. The fourth-order valence-electron chi connectivity index (χ4n) is 0.636. The Morgan fingerprint density at radius 1 is 1.30 bits per heavy atom. The fourth-order valence-corrected chi connectivity index (χ4v) is 0.636. The largest absolute Gasteiger partial charge is 2.00 e. The van der Waals surface area contributed by atoms with Crippen LogP contribution in [0.4, 0.5) is 0 Å². The van der Waals surface area contributed by atoms with Gasteiger partial charge >= 0.3 is 23.1 Å². The van der Waals surface area contributed by atoms with E-state index in [-0.39, 0.29) is 46.1 Å². The van der Waals surface area contributed by atoms with Crippen LogP contribution in [-0.4, -0.2) is 29.2 Å². The molecule has 10 heavy (non-hydrogen) atoms. The van der Waals surface area contributed by atoms with Crippen LogP contribution >= 0.6 is 0 Å². The van der Waals surface area contributed by atoms with Gasteiger partial charge in [0.25, 0.3) is 0 Å². The van der Waals surface area contributed by atoms with Gasteiger partial charge in [0.2, 0.25) is 0 Å².